The molecule has 4 aromatic rings. The standard InChI is InChI=1S/C25H25N5O2S/c1-15-13-21(17(3)30(15)23-7-5-6-12-26-23)24(32)29-25-28-22(14-33-25)20-10-8-19(9-11-20)16(2)27-18(4)31/h5-14,16H,1-4H3,(H,27,31)(H,28,29,32). The first-order valence-electron chi connectivity index (χ1n) is 10.6. The number of carbonyl (C=O) groups is 2. The molecule has 2 amide bonds. The lowest BCUT2D eigenvalue weighted by Crippen LogP contribution is -2.23. The van der Waals surface area contributed by atoms with Crippen molar-refractivity contribution in [3.63, 3.8) is 0 Å². The lowest BCUT2D eigenvalue weighted by atomic mass is 10.1. The highest BCUT2D eigenvalue weighted by Gasteiger charge is 2.18. The van der Waals surface area contributed by atoms with E-state index in [1.807, 2.05) is 79.2 Å². The summed E-state index contributed by atoms with van der Waals surface area (Å²) >= 11 is 1.38. The Morgan fingerprint density at radius 2 is 1.85 bits per heavy atom. The number of hydrogen-bond acceptors (Lipinski definition) is 5. The molecule has 4 rings (SSSR count). The van der Waals surface area contributed by atoms with Crippen molar-refractivity contribution in [1.29, 1.82) is 0 Å². The summed E-state index contributed by atoms with van der Waals surface area (Å²) in [5, 5.41) is 8.25. The summed E-state index contributed by atoms with van der Waals surface area (Å²) < 4.78 is 1.96. The van der Waals surface area contributed by atoms with E-state index in [9.17, 15) is 9.59 Å². The molecule has 0 saturated heterocycles. The van der Waals surface area contributed by atoms with Gasteiger partial charge < -0.3 is 9.88 Å². The first-order chi connectivity index (χ1) is 15.8. The number of nitrogens with one attached hydrogen (secondary N) is 2. The van der Waals surface area contributed by atoms with Crippen LogP contribution in [-0.4, -0.2) is 26.3 Å². The number of anilines is 1. The molecule has 1 unspecified atom stereocenters. The monoisotopic (exact) mass is 459 g/mol. The zero-order chi connectivity index (χ0) is 23.5. The molecule has 0 aliphatic rings. The third kappa shape index (κ3) is 4.85. The highest BCUT2D eigenvalue weighted by molar-refractivity contribution is 7.14. The lowest BCUT2D eigenvalue weighted by Gasteiger charge is -2.13. The maximum absolute atomic E-state index is 13.0. The molecule has 7 nitrogen and oxygen atoms in total. The summed E-state index contributed by atoms with van der Waals surface area (Å²) in [6.45, 7) is 7.31. The number of thiazole rings is 1. The molecule has 0 aliphatic heterocycles. The maximum atomic E-state index is 13.0. The van der Waals surface area contributed by atoms with Gasteiger partial charge in [-0.3, -0.25) is 14.9 Å². The molecule has 8 heteroatoms. The van der Waals surface area contributed by atoms with Gasteiger partial charge >= 0.3 is 0 Å². The van der Waals surface area contributed by atoms with E-state index < -0.39 is 0 Å². The van der Waals surface area contributed by atoms with Gasteiger partial charge in [0.25, 0.3) is 5.91 Å². The van der Waals surface area contributed by atoms with Crippen molar-refractivity contribution in [3.8, 4) is 17.1 Å². The van der Waals surface area contributed by atoms with Crippen LogP contribution >= 0.6 is 11.3 Å². The van der Waals surface area contributed by atoms with Gasteiger partial charge in [-0.15, -0.1) is 11.3 Å². The molecule has 3 aromatic heterocycles. The SMILES string of the molecule is CC(=O)NC(C)c1ccc(-c2csc(NC(=O)c3cc(C)n(-c4ccccn4)c3C)n2)cc1. The molecule has 168 valence electrons. The van der Waals surface area contributed by atoms with Crippen LogP contribution in [-0.2, 0) is 4.79 Å². The number of pyridine rings is 1. The summed E-state index contributed by atoms with van der Waals surface area (Å²) in [7, 11) is 0. The number of rotatable bonds is 6. The minimum atomic E-state index is -0.203. The maximum Gasteiger partial charge on any atom is 0.259 e. The van der Waals surface area contributed by atoms with Crippen LogP contribution in [0.5, 0.6) is 0 Å². The van der Waals surface area contributed by atoms with Gasteiger partial charge in [0.05, 0.1) is 17.3 Å². The minimum absolute atomic E-state index is 0.0627. The molecular formula is C25H25N5O2S. The third-order valence-corrected chi connectivity index (χ3v) is 6.16. The lowest BCUT2D eigenvalue weighted by molar-refractivity contribution is -0.119. The third-order valence-electron chi connectivity index (χ3n) is 5.41. The second-order valence-corrected chi connectivity index (χ2v) is 8.70. The Kier molecular flexibility index (Phi) is 6.37. The first-order valence-corrected chi connectivity index (χ1v) is 11.5. The summed E-state index contributed by atoms with van der Waals surface area (Å²) in [5.41, 5.74) is 5.09. The zero-order valence-electron chi connectivity index (χ0n) is 18.9. The van der Waals surface area contributed by atoms with Gasteiger partial charge in [-0.25, -0.2) is 9.97 Å². The van der Waals surface area contributed by atoms with Crippen molar-refractivity contribution in [2.75, 3.05) is 5.32 Å². The van der Waals surface area contributed by atoms with Crippen molar-refractivity contribution in [2.45, 2.75) is 33.7 Å². The van der Waals surface area contributed by atoms with Crippen LogP contribution in [0.15, 0.2) is 60.1 Å². The van der Waals surface area contributed by atoms with Gasteiger partial charge in [-0.05, 0) is 44.5 Å². The Hall–Kier alpha value is -3.78. The Labute approximate surface area is 196 Å². The molecule has 0 spiro atoms. The molecular weight excluding hydrogens is 434 g/mol. The van der Waals surface area contributed by atoms with Crippen molar-refractivity contribution in [1.82, 2.24) is 19.9 Å². The van der Waals surface area contributed by atoms with Crippen LogP contribution in [0, 0.1) is 13.8 Å². The Balaban J connectivity index is 1.49. The number of hydrogen-bond donors (Lipinski definition) is 2. The predicted octanol–water partition coefficient (Wildman–Crippen LogP) is 5.06. The fraction of sp³-hybridized carbons (Fsp3) is 0.200. The average molecular weight is 460 g/mol. The molecule has 0 bridgehead atoms. The highest BCUT2D eigenvalue weighted by atomic mass is 32.1. The van der Waals surface area contributed by atoms with Gasteiger partial charge in [0.1, 0.15) is 5.82 Å². The van der Waals surface area contributed by atoms with Gasteiger partial charge in [0, 0.05) is 35.5 Å². The van der Waals surface area contributed by atoms with Gasteiger partial charge in [0.2, 0.25) is 5.91 Å². The van der Waals surface area contributed by atoms with Crippen LogP contribution in [0.1, 0.15) is 47.2 Å². The Morgan fingerprint density at radius 1 is 1.09 bits per heavy atom. The smallest absolute Gasteiger partial charge is 0.259 e. The number of aryl methyl sites for hydroxylation is 1. The fourth-order valence-corrected chi connectivity index (χ4v) is 4.50. The zero-order valence-corrected chi connectivity index (χ0v) is 19.7. The normalized spacial score (nSPS) is 11.8. The molecule has 33 heavy (non-hydrogen) atoms. The van der Waals surface area contributed by atoms with Crippen molar-refractivity contribution in [2.24, 2.45) is 0 Å². The topological polar surface area (TPSA) is 88.9 Å². The number of nitrogens with zero attached hydrogens (tertiary/aromatic N) is 3. The average Bonchev–Trinajstić information content (AvgIpc) is 3.38. The molecule has 1 atom stereocenters. The Morgan fingerprint density at radius 3 is 2.52 bits per heavy atom. The van der Waals surface area contributed by atoms with Crippen LogP contribution in [0.2, 0.25) is 0 Å². The van der Waals surface area contributed by atoms with E-state index >= 15 is 0 Å². The van der Waals surface area contributed by atoms with E-state index in [2.05, 4.69) is 20.6 Å². The molecule has 1 aromatic carbocycles. The molecule has 3 heterocycles. The first kappa shape index (κ1) is 22.4. The molecule has 2 N–H and O–H groups in total. The van der Waals surface area contributed by atoms with Gasteiger partial charge in [-0.1, -0.05) is 30.3 Å². The summed E-state index contributed by atoms with van der Waals surface area (Å²) in [6, 6.07) is 15.4. The van der Waals surface area contributed by atoms with Crippen molar-refractivity contribution in [3.05, 3.63) is 82.6 Å². The van der Waals surface area contributed by atoms with Gasteiger partial charge in [-0.2, -0.15) is 0 Å². The molecule has 0 fully saturated rings. The molecule has 0 saturated carbocycles. The van der Waals surface area contributed by atoms with E-state index in [1.54, 1.807) is 6.20 Å². The fourth-order valence-electron chi connectivity index (χ4n) is 3.79. The molecule has 0 radical (unpaired) electrons. The van der Waals surface area contributed by atoms with Gasteiger partial charge in [0.15, 0.2) is 5.13 Å². The van der Waals surface area contributed by atoms with Crippen LogP contribution < -0.4 is 10.6 Å². The summed E-state index contributed by atoms with van der Waals surface area (Å²) in [4.78, 5) is 33.2. The minimum Gasteiger partial charge on any atom is -0.350 e. The Bertz CT molecular complexity index is 1290. The van der Waals surface area contributed by atoms with Crippen LogP contribution in [0.3, 0.4) is 0 Å². The van der Waals surface area contributed by atoms with E-state index in [-0.39, 0.29) is 17.9 Å². The van der Waals surface area contributed by atoms with E-state index in [4.69, 9.17) is 0 Å². The highest BCUT2D eigenvalue weighted by Crippen LogP contribution is 2.27. The second-order valence-electron chi connectivity index (χ2n) is 7.84. The number of aromatic nitrogens is 3. The summed E-state index contributed by atoms with van der Waals surface area (Å²) in [6.07, 6.45) is 1.73. The van der Waals surface area contributed by atoms with Crippen molar-refractivity contribution >= 4 is 28.3 Å². The van der Waals surface area contributed by atoms with Crippen LogP contribution in [0.4, 0.5) is 5.13 Å². The number of amides is 2. The largest absolute Gasteiger partial charge is 0.350 e. The van der Waals surface area contributed by atoms with Crippen LogP contribution in [0.25, 0.3) is 17.1 Å². The van der Waals surface area contributed by atoms with Crippen molar-refractivity contribution < 1.29 is 9.59 Å². The molecule has 0 aliphatic carbocycles. The van der Waals surface area contributed by atoms with E-state index in [0.29, 0.717) is 10.7 Å². The van der Waals surface area contributed by atoms with E-state index in [1.165, 1.54) is 18.3 Å². The predicted molar refractivity (Wildman–Crippen MR) is 131 cm³/mol. The van der Waals surface area contributed by atoms with E-state index in [0.717, 1.165) is 34.0 Å². The quantitative estimate of drug-likeness (QED) is 0.422. The number of benzene rings is 1. The number of carbonyl (C=O) groups excluding carboxylic acids is 2. The second kappa shape index (κ2) is 9.38. The summed E-state index contributed by atoms with van der Waals surface area (Å²) in [5.74, 6) is 0.511.